The molecule has 26 heavy (non-hydrogen) atoms. The Labute approximate surface area is 155 Å². The van der Waals surface area contributed by atoms with Crippen LogP contribution in [0.15, 0.2) is 60.1 Å². The Bertz CT molecular complexity index is 853. The number of aromatic nitrogens is 1. The van der Waals surface area contributed by atoms with Gasteiger partial charge in [-0.25, -0.2) is 9.37 Å². The van der Waals surface area contributed by atoms with E-state index in [1.165, 1.54) is 17.0 Å². The normalized spacial score (nSPS) is 10.5. The van der Waals surface area contributed by atoms with Gasteiger partial charge in [-0.15, -0.1) is 11.3 Å². The minimum atomic E-state index is -0.376. The van der Waals surface area contributed by atoms with Crippen molar-refractivity contribution >= 4 is 17.2 Å². The van der Waals surface area contributed by atoms with Crippen molar-refractivity contribution in [3.8, 4) is 11.6 Å². The molecule has 0 aliphatic heterocycles. The molecule has 0 aliphatic rings. The van der Waals surface area contributed by atoms with Crippen LogP contribution in [-0.2, 0) is 17.8 Å². The van der Waals surface area contributed by atoms with E-state index in [9.17, 15) is 9.18 Å². The molecule has 134 valence electrons. The van der Waals surface area contributed by atoms with Crippen LogP contribution in [0.2, 0.25) is 0 Å². The highest BCUT2D eigenvalue weighted by atomic mass is 32.1. The molecular formula is C20H19FN2O2S. The summed E-state index contributed by atoms with van der Waals surface area (Å²) in [4.78, 5) is 17.5. The van der Waals surface area contributed by atoms with Crippen LogP contribution < -0.4 is 10.1 Å². The summed E-state index contributed by atoms with van der Waals surface area (Å²) in [6.07, 6.45) is 3.79. The molecule has 0 fully saturated rings. The largest absolute Gasteiger partial charge is 0.439 e. The first kappa shape index (κ1) is 18.1. The van der Waals surface area contributed by atoms with Crippen LogP contribution in [-0.4, -0.2) is 10.9 Å². The number of ether oxygens (including phenoxy) is 1. The van der Waals surface area contributed by atoms with Crippen LogP contribution in [0.1, 0.15) is 23.3 Å². The Morgan fingerprint density at radius 1 is 1.19 bits per heavy atom. The van der Waals surface area contributed by atoms with E-state index in [-0.39, 0.29) is 11.7 Å². The highest BCUT2D eigenvalue weighted by Gasteiger charge is 2.09. The standard InChI is InChI=1S/C20H19FN2O2S/c21-16-6-1-7-17(13-16)25-20-15(5-3-11-22-20)14-23-19(24)10-2-8-18-9-4-12-26-18/h1,3-7,9,11-13H,2,8,10,14H2,(H,23,24). The summed E-state index contributed by atoms with van der Waals surface area (Å²) in [6, 6.07) is 13.6. The lowest BCUT2D eigenvalue weighted by atomic mass is 10.2. The molecule has 1 amide bonds. The number of nitrogens with zero attached hydrogens (tertiary/aromatic N) is 1. The van der Waals surface area contributed by atoms with Crippen molar-refractivity contribution in [3.63, 3.8) is 0 Å². The summed E-state index contributed by atoms with van der Waals surface area (Å²) in [5.74, 6) is 0.338. The van der Waals surface area contributed by atoms with Crippen molar-refractivity contribution in [2.24, 2.45) is 0 Å². The van der Waals surface area contributed by atoms with Crippen molar-refractivity contribution in [1.82, 2.24) is 10.3 Å². The maximum atomic E-state index is 13.3. The second-order valence-electron chi connectivity index (χ2n) is 5.74. The van der Waals surface area contributed by atoms with Crippen molar-refractivity contribution in [3.05, 3.63) is 76.4 Å². The molecule has 0 radical (unpaired) electrons. The molecule has 0 saturated heterocycles. The average Bonchev–Trinajstić information content (AvgIpc) is 3.14. The second kappa shape index (κ2) is 9.10. The molecule has 0 bridgehead atoms. The Morgan fingerprint density at radius 2 is 2.12 bits per heavy atom. The first-order chi connectivity index (χ1) is 12.7. The Kier molecular flexibility index (Phi) is 6.33. The highest BCUT2D eigenvalue weighted by Crippen LogP contribution is 2.23. The van der Waals surface area contributed by atoms with Crippen molar-refractivity contribution in [2.45, 2.75) is 25.8 Å². The third-order valence-electron chi connectivity index (χ3n) is 3.74. The summed E-state index contributed by atoms with van der Waals surface area (Å²) >= 11 is 1.71. The van der Waals surface area contributed by atoms with Gasteiger partial charge in [0.05, 0.1) is 0 Å². The number of carbonyl (C=O) groups excluding carboxylic acids is 1. The number of halogens is 1. The number of benzene rings is 1. The predicted molar refractivity (Wildman–Crippen MR) is 99.8 cm³/mol. The van der Waals surface area contributed by atoms with Gasteiger partial charge in [0.15, 0.2) is 0 Å². The van der Waals surface area contributed by atoms with Crippen molar-refractivity contribution < 1.29 is 13.9 Å². The molecule has 0 unspecified atom stereocenters. The number of thiophene rings is 1. The monoisotopic (exact) mass is 370 g/mol. The van der Waals surface area contributed by atoms with E-state index >= 15 is 0 Å². The summed E-state index contributed by atoms with van der Waals surface area (Å²) in [5.41, 5.74) is 0.739. The van der Waals surface area contributed by atoms with Gasteiger partial charge in [-0.2, -0.15) is 0 Å². The number of rotatable bonds is 8. The van der Waals surface area contributed by atoms with E-state index in [0.29, 0.717) is 24.6 Å². The molecule has 4 nitrogen and oxygen atoms in total. The predicted octanol–water partition coefficient (Wildman–Crippen LogP) is 4.71. The first-order valence-corrected chi connectivity index (χ1v) is 9.25. The maximum Gasteiger partial charge on any atom is 0.224 e. The molecule has 6 heteroatoms. The molecule has 0 aliphatic carbocycles. The summed E-state index contributed by atoms with van der Waals surface area (Å²) in [5, 5.41) is 4.93. The molecule has 0 spiro atoms. The van der Waals surface area contributed by atoms with Gasteiger partial charge in [0.1, 0.15) is 11.6 Å². The maximum absolute atomic E-state index is 13.3. The molecule has 3 aromatic rings. The summed E-state index contributed by atoms with van der Waals surface area (Å²) < 4.78 is 18.9. The molecule has 3 rings (SSSR count). The SMILES string of the molecule is O=C(CCCc1cccs1)NCc1cccnc1Oc1cccc(F)c1. The number of hydrogen-bond acceptors (Lipinski definition) is 4. The van der Waals surface area contributed by atoms with Gasteiger partial charge in [-0.3, -0.25) is 4.79 Å². The van der Waals surface area contributed by atoms with E-state index < -0.39 is 0 Å². The zero-order valence-corrected chi connectivity index (χ0v) is 15.0. The molecule has 2 aromatic heterocycles. The highest BCUT2D eigenvalue weighted by molar-refractivity contribution is 7.09. The Balaban J connectivity index is 1.52. The lowest BCUT2D eigenvalue weighted by Crippen LogP contribution is -2.22. The lowest BCUT2D eigenvalue weighted by molar-refractivity contribution is -0.121. The number of hydrogen-bond donors (Lipinski definition) is 1. The van der Waals surface area contributed by atoms with E-state index in [1.54, 1.807) is 35.7 Å². The van der Waals surface area contributed by atoms with Crippen LogP contribution in [0.4, 0.5) is 4.39 Å². The van der Waals surface area contributed by atoms with Crippen LogP contribution in [0, 0.1) is 5.82 Å². The Hall–Kier alpha value is -2.73. The van der Waals surface area contributed by atoms with E-state index in [2.05, 4.69) is 16.4 Å². The minimum absolute atomic E-state index is 0.0119. The van der Waals surface area contributed by atoms with Crippen LogP contribution in [0.3, 0.4) is 0 Å². The van der Waals surface area contributed by atoms with Crippen LogP contribution in [0.25, 0.3) is 0 Å². The smallest absolute Gasteiger partial charge is 0.224 e. The molecule has 1 N–H and O–H groups in total. The Morgan fingerprint density at radius 3 is 2.92 bits per heavy atom. The van der Waals surface area contributed by atoms with Crippen LogP contribution >= 0.6 is 11.3 Å². The van der Waals surface area contributed by atoms with Gasteiger partial charge in [0.25, 0.3) is 0 Å². The third kappa shape index (κ3) is 5.39. The molecular weight excluding hydrogens is 351 g/mol. The number of amides is 1. The van der Waals surface area contributed by atoms with Gasteiger partial charge in [-0.1, -0.05) is 18.2 Å². The summed E-state index contributed by atoms with van der Waals surface area (Å²) in [6.45, 7) is 0.316. The molecule has 0 atom stereocenters. The van der Waals surface area contributed by atoms with Crippen LogP contribution in [0.5, 0.6) is 11.6 Å². The van der Waals surface area contributed by atoms with Gasteiger partial charge < -0.3 is 10.1 Å². The topological polar surface area (TPSA) is 51.2 Å². The van der Waals surface area contributed by atoms with E-state index in [4.69, 9.17) is 4.74 Å². The van der Waals surface area contributed by atoms with E-state index in [0.717, 1.165) is 18.4 Å². The van der Waals surface area contributed by atoms with Crippen molar-refractivity contribution in [2.75, 3.05) is 0 Å². The number of aryl methyl sites for hydroxylation is 1. The van der Waals surface area contributed by atoms with Gasteiger partial charge in [0.2, 0.25) is 11.8 Å². The lowest BCUT2D eigenvalue weighted by Gasteiger charge is -2.11. The third-order valence-corrected chi connectivity index (χ3v) is 4.68. The minimum Gasteiger partial charge on any atom is -0.439 e. The quantitative estimate of drug-likeness (QED) is 0.624. The fourth-order valence-electron chi connectivity index (χ4n) is 2.45. The number of nitrogens with one attached hydrogen (secondary N) is 1. The molecule has 0 saturated carbocycles. The first-order valence-electron chi connectivity index (χ1n) is 8.37. The second-order valence-corrected chi connectivity index (χ2v) is 6.77. The number of pyridine rings is 1. The van der Waals surface area contributed by atoms with E-state index in [1.807, 2.05) is 17.5 Å². The fraction of sp³-hybridized carbons (Fsp3) is 0.200. The summed E-state index contributed by atoms with van der Waals surface area (Å²) in [7, 11) is 0. The van der Waals surface area contributed by atoms with Crippen molar-refractivity contribution in [1.29, 1.82) is 0 Å². The van der Waals surface area contributed by atoms with Gasteiger partial charge in [0, 0.05) is 35.7 Å². The number of carbonyl (C=O) groups is 1. The average molecular weight is 370 g/mol. The van der Waals surface area contributed by atoms with Gasteiger partial charge in [-0.05, 0) is 42.5 Å². The molecule has 2 heterocycles. The zero-order chi connectivity index (χ0) is 18.2. The zero-order valence-electron chi connectivity index (χ0n) is 14.2. The van der Waals surface area contributed by atoms with Gasteiger partial charge >= 0.3 is 0 Å². The fourth-order valence-corrected chi connectivity index (χ4v) is 3.20. The molecule has 1 aromatic carbocycles.